The Balaban J connectivity index is 1.65. The molecule has 0 aliphatic carbocycles. The van der Waals surface area contributed by atoms with Crippen molar-refractivity contribution in [2.24, 2.45) is 0 Å². The molecule has 0 saturated carbocycles. The molecular weight excluding hydrogens is 423 g/mol. The van der Waals surface area contributed by atoms with Crippen LogP contribution in [0.1, 0.15) is 24.3 Å². The van der Waals surface area contributed by atoms with Crippen LogP contribution >= 0.6 is 0 Å². The third-order valence-electron chi connectivity index (χ3n) is 5.87. The lowest BCUT2D eigenvalue weighted by atomic mass is 9.98. The van der Waals surface area contributed by atoms with Gasteiger partial charge in [0.15, 0.2) is 5.65 Å². The van der Waals surface area contributed by atoms with E-state index in [-0.39, 0.29) is 23.3 Å². The molecular formula is C24H21FN6O2. The molecule has 1 aliphatic heterocycles. The minimum Gasteiger partial charge on any atom is -0.352 e. The number of fused-ring (bicyclic) bond motifs is 1. The van der Waals surface area contributed by atoms with Gasteiger partial charge in [0.2, 0.25) is 5.91 Å². The summed E-state index contributed by atoms with van der Waals surface area (Å²) < 4.78 is 15.0. The first-order chi connectivity index (χ1) is 15.8. The van der Waals surface area contributed by atoms with Gasteiger partial charge in [-0.2, -0.15) is 5.10 Å². The number of nitrogens with one attached hydrogen (secondary N) is 1. The van der Waals surface area contributed by atoms with Crippen molar-refractivity contribution in [1.29, 1.82) is 0 Å². The number of amides is 2. The van der Waals surface area contributed by atoms with E-state index in [0.717, 1.165) is 16.7 Å². The van der Waals surface area contributed by atoms with Crippen molar-refractivity contribution in [3.8, 4) is 22.4 Å². The number of carbonyl (C=O) groups excluding carboxylic acids is 2. The van der Waals surface area contributed by atoms with Gasteiger partial charge in [0.1, 0.15) is 17.1 Å². The highest BCUT2D eigenvalue weighted by Gasteiger charge is 2.41. The number of nitrogens with zero attached hydrogens (tertiary/aromatic N) is 5. The molecule has 9 heteroatoms. The van der Waals surface area contributed by atoms with Crippen LogP contribution < -0.4 is 5.32 Å². The van der Waals surface area contributed by atoms with E-state index in [1.165, 1.54) is 17.0 Å². The monoisotopic (exact) mass is 444 g/mol. The van der Waals surface area contributed by atoms with Crippen molar-refractivity contribution in [2.75, 3.05) is 13.1 Å². The van der Waals surface area contributed by atoms with E-state index < -0.39 is 5.54 Å². The van der Waals surface area contributed by atoms with Crippen LogP contribution in [0.3, 0.4) is 0 Å². The Bertz CT molecular complexity index is 1370. The van der Waals surface area contributed by atoms with Gasteiger partial charge < -0.3 is 10.2 Å². The maximum Gasteiger partial charge on any atom is 0.275 e. The van der Waals surface area contributed by atoms with Crippen molar-refractivity contribution in [3.05, 3.63) is 72.6 Å². The minimum absolute atomic E-state index is 0.192. The number of pyridine rings is 1. The Morgan fingerprint density at radius 2 is 1.82 bits per heavy atom. The quantitative estimate of drug-likeness (QED) is 0.525. The summed E-state index contributed by atoms with van der Waals surface area (Å²) in [4.78, 5) is 35.9. The molecule has 8 nitrogen and oxygen atoms in total. The molecule has 1 fully saturated rings. The van der Waals surface area contributed by atoms with Crippen LogP contribution in [0.25, 0.3) is 28.0 Å². The second-order valence-electron chi connectivity index (χ2n) is 8.35. The van der Waals surface area contributed by atoms with Gasteiger partial charge in [0.25, 0.3) is 5.91 Å². The normalized spacial score (nSPS) is 15.5. The molecule has 0 unspecified atom stereocenters. The number of aromatic nitrogens is 4. The lowest BCUT2D eigenvalue weighted by molar-refractivity contribution is -0.133. The van der Waals surface area contributed by atoms with E-state index in [1.54, 1.807) is 49.1 Å². The summed E-state index contributed by atoms with van der Waals surface area (Å²) in [5.74, 6) is -0.887. The van der Waals surface area contributed by atoms with Gasteiger partial charge in [-0.1, -0.05) is 0 Å². The molecule has 0 radical (unpaired) electrons. The zero-order valence-electron chi connectivity index (χ0n) is 18.1. The van der Waals surface area contributed by atoms with Crippen LogP contribution in [0.5, 0.6) is 0 Å². The maximum absolute atomic E-state index is 13.4. The van der Waals surface area contributed by atoms with Crippen molar-refractivity contribution in [3.63, 3.8) is 0 Å². The number of imidazole rings is 1. The minimum atomic E-state index is -0.994. The fourth-order valence-corrected chi connectivity index (χ4v) is 3.98. The van der Waals surface area contributed by atoms with E-state index in [0.29, 0.717) is 24.4 Å². The fraction of sp³-hybridized carbons (Fsp3) is 0.208. The van der Waals surface area contributed by atoms with E-state index in [1.807, 2.05) is 18.2 Å². The summed E-state index contributed by atoms with van der Waals surface area (Å²) in [5, 5.41) is 7.42. The number of carbonyl (C=O) groups is 2. The topological polar surface area (TPSA) is 92.5 Å². The third kappa shape index (κ3) is 3.61. The summed E-state index contributed by atoms with van der Waals surface area (Å²) in [7, 11) is 0. The molecule has 1 aromatic carbocycles. The van der Waals surface area contributed by atoms with Gasteiger partial charge >= 0.3 is 0 Å². The van der Waals surface area contributed by atoms with Crippen molar-refractivity contribution < 1.29 is 14.0 Å². The van der Waals surface area contributed by atoms with Gasteiger partial charge in [0, 0.05) is 36.6 Å². The van der Waals surface area contributed by atoms with E-state index >= 15 is 0 Å². The first kappa shape index (κ1) is 20.7. The summed E-state index contributed by atoms with van der Waals surface area (Å²) in [5.41, 5.74) is 2.62. The SMILES string of the molecule is CC1(C)C(=O)NCCN1C(=O)c1cn2nc(-c3ccc(F)cc3)cc(-c3ccncc3)c2n1. The van der Waals surface area contributed by atoms with Crippen LogP contribution in [-0.4, -0.2) is 54.9 Å². The van der Waals surface area contributed by atoms with Gasteiger partial charge in [-0.05, 0) is 61.9 Å². The third-order valence-corrected chi connectivity index (χ3v) is 5.87. The second kappa shape index (κ2) is 7.77. The highest BCUT2D eigenvalue weighted by molar-refractivity contribution is 5.99. The number of hydrogen-bond acceptors (Lipinski definition) is 5. The molecule has 4 heterocycles. The molecule has 166 valence electrons. The smallest absolute Gasteiger partial charge is 0.275 e. The molecule has 4 aromatic rings. The highest BCUT2D eigenvalue weighted by Crippen LogP contribution is 2.29. The average Bonchev–Trinajstić information content (AvgIpc) is 3.25. The largest absolute Gasteiger partial charge is 0.352 e. The molecule has 0 spiro atoms. The van der Waals surface area contributed by atoms with Crippen LogP contribution in [-0.2, 0) is 4.79 Å². The van der Waals surface area contributed by atoms with E-state index in [4.69, 9.17) is 0 Å². The van der Waals surface area contributed by atoms with E-state index in [2.05, 4.69) is 20.4 Å². The Kier molecular flexibility index (Phi) is 4.88. The lowest BCUT2D eigenvalue weighted by Gasteiger charge is -2.40. The molecule has 0 bridgehead atoms. The van der Waals surface area contributed by atoms with Gasteiger partial charge in [-0.25, -0.2) is 13.9 Å². The van der Waals surface area contributed by atoms with Gasteiger partial charge in [0.05, 0.1) is 11.9 Å². The summed E-state index contributed by atoms with van der Waals surface area (Å²) in [6.07, 6.45) is 4.92. The number of halogens is 1. The Labute approximate surface area is 189 Å². The molecule has 1 N–H and O–H groups in total. The van der Waals surface area contributed by atoms with Crippen molar-refractivity contribution >= 4 is 17.5 Å². The summed E-state index contributed by atoms with van der Waals surface area (Å²) in [6, 6.07) is 11.6. The Morgan fingerprint density at radius 3 is 2.55 bits per heavy atom. The second-order valence-corrected chi connectivity index (χ2v) is 8.35. The summed E-state index contributed by atoms with van der Waals surface area (Å²) >= 11 is 0. The molecule has 5 rings (SSSR count). The highest BCUT2D eigenvalue weighted by atomic mass is 19.1. The zero-order chi connectivity index (χ0) is 23.2. The molecule has 2 amide bonds. The zero-order valence-corrected chi connectivity index (χ0v) is 18.1. The number of hydrogen-bond donors (Lipinski definition) is 1. The molecule has 3 aromatic heterocycles. The van der Waals surface area contributed by atoms with Gasteiger partial charge in [-0.3, -0.25) is 14.6 Å². The average molecular weight is 444 g/mol. The Morgan fingerprint density at radius 1 is 1.09 bits per heavy atom. The number of rotatable bonds is 3. The standard InChI is InChI=1S/C24H21FN6O2/c1-24(2)23(33)27-11-12-30(24)22(32)20-14-31-21(28-20)18(15-7-9-26-10-8-15)13-19(29-31)16-3-5-17(25)6-4-16/h3-10,13-14H,11-12H2,1-2H3,(H,27,33). The predicted molar refractivity (Wildman–Crippen MR) is 120 cm³/mol. The molecule has 0 atom stereocenters. The first-order valence-electron chi connectivity index (χ1n) is 10.5. The van der Waals surface area contributed by atoms with Crippen LogP contribution in [0.15, 0.2) is 61.1 Å². The fourth-order valence-electron chi connectivity index (χ4n) is 3.98. The van der Waals surface area contributed by atoms with Gasteiger partial charge in [-0.15, -0.1) is 0 Å². The lowest BCUT2D eigenvalue weighted by Crippen LogP contribution is -2.63. The molecule has 33 heavy (non-hydrogen) atoms. The van der Waals surface area contributed by atoms with Crippen LogP contribution in [0, 0.1) is 5.82 Å². The summed E-state index contributed by atoms with van der Waals surface area (Å²) in [6.45, 7) is 4.19. The number of piperazine rings is 1. The molecule has 1 aliphatic rings. The maximum atomic E-state index is 13.4. The Hall–Kier alpha value is -4.14. The van der Waals surface area contributed by atoms with Crippen molar-refractivity contribution in [2.45, 2.75) is 19.4 Å². The predicted octanol–water partition coefficient (Wildman–Crippen LogP) is 2.95. The van der Waals surface area contributed by atoms with Crippen LogP contribution in [0.2, 0.25) is 0 Å². The molecule has 1 saturated heterocycles. The number of benzene rings is 1. The van der Waals surface area contributed by atoms with Crippen LogP contribution in [0.4, 0.5) is 4.39 Å². The first-order valence-corrected chi connectivity index (χ1v) is 10.5. The van der Waals surface area contributed by atoms with Crippen molar-refractivity contribution in [1.82, 2.24) is 29.8 Å². The van der Waals surface area contributed by atoms with E-state index in [9.17, 15) is 14.0 Å².